The Hall–Kier alpha value is -2.60. The largest absolute Gasteiger partial charge is 0.372 e. The fourth-order valence-electron chi connectivity index (χ4n) is 3.95. The maximum absolute atomic E-state index is 12.8. The summed E-state index contributed by atoms with van der Waals surface area (Å²) in [5.74, 6) is 0.0174. The number of carbonyl (C=O) groups is 1. The molecule has 1 N–H and O–H groups in total. The number of anilines is 3. The van der Waals surface area contributed by atoms with E-state index in [0.717, 1.165) is 57.2 Å². The molecule has 6 nitrogen and oxygen atoms in total. The first kappa shape index (κ1) is 18.7. The molecule has 3 heterocycles. The number of pyridine rings is 1. The van der Waals surface area contributed by atoms with Gasteiger partial charge < -0.3 is 20.0 Å². The Balaban J connectivity index is 1.40. The van der Waals surface area contributed by atoms with E-state index in [-0.39, 0.29) is 5.91 Å². The minimum Gasteiger partial charge on any atom is -0.372 e. The second kappa shape index (κ2) is 8.61. The van der Waals surface area contributed by atoms with Crippen molar-refractivity contribution < 1.29 is 4.79 Å². The van der Waals surface area contributed by atoms with E-state index in [2.05, 4.69) is 51.3 Å². The van der Waals surface area contributed by atoms with Crippen LogP contribution < -0.4 is 10.2 Å². The average molecular weight is 380 g/mol. The van der Waals surface area contributed by atoms with Crippen molar-refractivity contribution in [3.63, 3.8) is 0 Å². The van der Waals surface area contributed by atoms with Gasteiger partial charge in [-0.2, -0.15) is 0 Å². The summed E-state index contributed by atoms with van der Waals surface area (Å²) in [7, 11) is 0. The topological polar surface area (TPSA) is 51.7 Å². The first-order valence-corrected chi connectivity index (χ1v) is 10.3. The molecule has 4 rings (SSSR count). The van der Waals surface area contributed by atoms with E-state index in [9.17, 15) is 4.79 Å². The lowest BCUT2D eigenvalue weighted by Gasteiger charge is -2.33. The minimum atomic E-state index is 0.0174. The first-order chi connectivity index (χ1) is 13.7. The lowest BCUT2D eigenvalue weighted by molar-refractivity contribution is 0.0637. The summed E-state index contributed by atoms with van der Waals surface area (Å²) in [6, 6.07) is 12.3. The normalized spacial score (nSPS) is 17.8. The number of nitrogens with one attached hydrogen (secondary N) is 1. The fourth-order valence-corrected chi connectivity index (χ4v) is 3.95. The van der Waals surface area contributed by atoms with Gasteiger partial charge in [-0.25, -0.2) is 0 Å². The Morgan fingerprint density at radius 3 is 2.36 bits per heavy atom. The maximum atomic E-state index is 12.8. The van der Waals surface area contributed by atoms with Crippen molar-refractivity contribution in [3.8, 4) is 0 Å². The number of hydrogen-bond acceptors (Lipinski definition) is 5. The van der Waals surface area contributed by atoms with Crippen LogP contribution in [0.25, 0.3) is 0 Å². The first-order valence-electron chi connectivity index (χ1n) is 10.3. The number of piperazine rings is 1. The molecule has 2 aromatic rings. The molecule has 0 spiro atoms. The molecule has 0 aliphatic carbocycles. The molecule has 148 valence electrons. The summed E-state index contributed by atoms with van der Waals surface area (Å²) in [5.41, 5.74) is 3.69. The summed E-state index contributed by atoms with van der Waals surface area (Å²) in [6.45, 7) is 8.90. The Morgan fingerprint density at radius 2 is 1.68 bits per heavy atom. The fraction of sp³-hybridized carbons (Fsp3) is 0.455. The molecular formula is C22H29N5O. The molecule has 1 aromatic heterocycles. The van der Waals surface area contributed by atoms with E-state index in [1.807, 2.05) is 17.0 Å². The number of amides is 1. The Labute approximate surface area is 167 Å². The molecule has 1 aromatic carbocycles. The van der Waals surface area contributed by atoms with Gasteiger partial charge in [-0.15, -0.1) is 0 Å². The number of aromatic nitrogens is 1. The van der Waals surface area contributed by atoms with Crippen LogP contribution in [0.4, 0.5) is 17.1 Å². The van der Waals surface area contributed by atoms with Crippen molar-refractivity contribution in [1.29, 1.82) is 0 Å². The Bertz CT molecular complexity index is 793. The summed E-state index contributed by atoms with van der Waals surface area (Å²) in [4.78, 5) is 23.8. The number of nitrogens with zero attached hydrogens (tertiary/aromatic N) is 4. The van der Waals surface area contributed by atoms with Crippen LogP contribution >= 0.6 is 0 Å². The van der Waals surface area contributed by atoms with E-state index in [1.165, 1.54) is 18.5 Å². The number of rotatable bonds is 5. The van der Waals surface area contributed by atoms with E-state index in [0.29, 0.717) is 5.69 Å². The smallest absolute Gasteiger partial charge is 0.272 e. The van der Waals surface area contributed by atoms with Gasteiger partial charge in [0.2, 0.25) is 0 Å². The van der Waals surface area contributed by atoms with E-state index in [1.54, 1.807) is 6.20 Å². The second-order valence-corrected chi connectivity index (χ2v) is 7.52. The van der Waals surface area contributed by atoms with Crippen LogP contribution in [0, 0.1) is 0 Å². The predicted octanol–water partition coefficient (Wildman–Crippen LogP) is 3.20. The average Bonchev–Trinajstić information content (AvgIpc) is 3.29. The van der Waals surface area contributed by atoms with Gasteiger partial charge in [0.05, 0.1) is 0 Å². The summed E-state index contributed by atoms with van der Waals surface area (Å²) in [5, 5.41) is 3.40. The SMILES string of the molecule is CCN1CCN(C(=O)c2cc(Nc3ccc(N4CCCC4)cc3)ccn2)CC1. The van der Waals surface area contributed by atoms with Crippen molar-refractivity contribution >= 4 is 23.0 Å². The zero-order valence-electron chi connectivity index (χ0n) is 16.6. The van der Waals surface area contributed by atoms with Crippen molar-refractivity contribution in [2.45, 2.75) is 19.8 Å². The number of likely N-dealkylation sites (N-methyl/N-ethyl adjacent to an activating group) is 1. The molecular weight excluding hydrogens is 350 g/mol. The number of benzene rings is 1. The third-order valence-corrected chi connectivity index (χ3v) is 5.71. The van der Waals surface area contributed by atoms with Gasteiger partial charge in [-0.3, -0.25) is 9.78 Å². The van der Waals surface area contributed by atoms with Gasteiger partial charge in [0, 0.05) is 62.5 Å². The van der Waals surface area contributed by atoms with Crippen molar-refractivity contribution in [1.82, 2.24) is 14.8 Å². The molecule has 0 radical (unpaired) electrons. The van der Waals surface area contributed by atoms with Gasteiger partial charge in [0.1, 0.15) is 5.69 Å². The highest BCUT2D eigenvalue weighted by molar-refractivity contribution is 5.93. The second-order valence-electron chi connectivity index (χ2n) is 7.52. The molecule has 0 atom stereocenters. The highest BCUT2D eigenvalue weighted by atomic mass is 16.2. The van der Waals surface area contributed by atoms with Gasteiger partial charge >= 0.3 is 0 Å². The van der Waals surface area contributed by atoms with Crippen LogP contribution in [0.2, 0.25) is 0 Å². The summed E-state index contributed by atoms with van der Waals surface area (Å²) >= 11 is 0. The van der Waals surface area contributed by atoms with Crippen molar-refractivity contribution in [2.75, 3.05) is 56.0 Å². The van der Waals surface area contributed by atoms with Gasteiger partial charge in [-0.1, -0.05) is 6.92 Å². The third-order valence-electron chi connectivity index (χ3n) is 5.71. The molecule has 2 saturated heterocycles. The monoisotopic (exact) mass is 379 g/mol. The van der Waals surface area contributed by atoms with Crippen LogP contribution in [0.3, 0.4) is 0 Å². The standard InChI is InChI=1S/C22H29N5O/c1-2-25-13-15-27(16-14-25)22(28)21-17-19(9-10-23-21)24-18-5-7-20(8-6-18)26-11-3-4-12-26/h5-10,17H,2-4,11-16H2,1H3,(H,23,24). The zero-order chi connectivity index (χ0) is 19.3. The summed E-state index contributed by atoms with van der Waals surface area (Å²) in [6.07, 6.45) is 4.26. The Kier molecular flexibility index (Phi) is 5.76. The van der Waals surface area contributed by atoms with Crippen LogP contribution in [0.15, 0.2) is 42.6 Å². The summed E-state index contributed by atoms with van der Waals surface area (Å²) < 4.78 is 0. The third kappa shape index (κ3) is 4.28. The van der Waals surface area contributed by atoms with Crippen molar-refractivity contribution in [2.24, 2.45) is 0 Å². The molecule has 2 fully saturated rings. The molecule has 6 heteroatoms. The zero-order valence-corrected chi connectivity index (χ0v) is 16.6. The molecule has 2 aliphatic rings. The highest BCUT2D eigenvalue weighted by Crippen LogP contribution is 2.24. The van der Waals surface area contributed by atoms with Crippen LogP contribution in [-0.2, 0) is 0 Å². The molecule has 0 unspecified atom stereocenters. The minimum absolute atomic E-state index is 0.0174. The van der Waals surface area contributed by atoms with Crippen molar-refractivity contribution in [3.05, 3.63) is 48.3 Å². The quantitative estimate of drug-likeness (QED) is 0.865. The Morgan fingerprint density at radius 1 is 0.964 bits per heavy atom. The maximum Gasteiger partial charge on any atom is 0.272 e. The number of hydrogen-bond donors (Lipinski definition) is 1. The van der Waals surface area contributed by atoms with Gasteiger partial charge in [0.15, 0.2) is 0 Å². The number of carbonyl (C=O) groups excluding carboxylic acids is 1. The van der Waals surface area contributed by atoms with Crippen LogP contribution in [0.5, 0.6) is 0 Å². The molecule has 0 bridgehead atoms. The molecule has 2 aliphatic heterocycles. The predicted molar refractivity (Wildman–Crippen MR) is 113 cm³/mol. The molecule has 0 saturated carbocycles. The molecule has 1 amide bonds. The lowest BCUT2D eigenvalue weighted by Crippen LogP contribution is -2.48. The van der Waals surface area contributed by atoms with Crippen LogP contribution in [-0.4, -0.2) is 66.5 Å². The molecule has 28 heavy (non-hydrogen) atoms. The van der Waals surface area contributed by atoms with E-state index < -0.39 is 0 Å². The highest BCUT2D eigenvalue weighted by Gasteiger charge is 2.22. The van der Waals surface area contributed by atoms with Crippen LogP contribution in [0.1, 0.15) is 30.3 Å². The van der Waals surface area contributed by atoms with E-state index >= 15 is 0 Å². The van der Waals surface area contributed by atoms with Gasteiger partial charge in [0.25, 0.3) is 5.91 Å². The van der Waals surface area contributed by atoms with Gasteiger partial charge in [-0.05, 0) is 55.8 Å². The van der Waals surface area contributed by atoms with E-state index in [4.69, 9.17) is 0 Å². The lowest BCUT2D eigenvalue weighted by atomic mass is 10.2.